The molecular weight excluding hydrogens is 396 g/mol. The van der Waals surface area contributed by atoms with Crippen molar-refractivity contribution in [2.45, 2.75) is 49.8 Å². The molecule has 3 aliphatic rings. The molecule has 0 aromatic heterocycles. The summed E-state index contributed by atoms with van der Waals surface area (Å²) in [6.07, 6.45) is 5.06. The summed E-state index contributed by atoms with van der Waals surface area (Å²) in [5.74, 6) is 2.48. The van der Waals surface area contributed by atoms with Crippen molar-refractivity contribution in [1.29, 1.82) is 0 Å². The maximum Gasteiger partial charge on any atom is 0.198 e. The van der Waals surface area contributed by atoms with Crippen LogP contribution in [-0.4, -0.2) is 23.6 Å². The lowest BCUT2D eigenvalue weighted by Crippen LogP contribution is -2.55. The molecule has 162 valence electrons. The molecule has 3 aromatic carbocycles. The lowest BCUT2D eigenvalue weighted by atomic mass is 9.78. The lowest BCUT2D eigenvalue weighted by molar-refractivity contribution is -0.142. The first kappa shape index (κ1) is 19.4. The molecule has 1 fully saturated rings. The number of fused-ring (bicyclic) bond motifs is 4. The van der Waals surface area contributed by atoms with E-state index in [1.54, 1.807) is 7.11 Å². The van der Waals surface area contributed by atoms with E-state index in [4.69, 9.17) is 14.6 Å². The van der Waals surface area contributed by atoms with Crippen LogP contribution < -0.4 is 9.47 Å². The Morgan fingerprint density at radius 2 is 1.72 bits per heavy atom. The Balaban J connectivity index is 1.35. The van der Waals surface area contributed by atoms with Crippen molar-refractivity contribution < 1.29 is 9.47 Å². The van der Waals surface area contributed by atoms with E-state index >= 15 is 0 Å². The molecule has 1 saturated carbocycles. The van der Waals surface area contributed by atoms with Crippen molar-refractivity contribution in [1.82, 2.24) is 5.01 Å². The summed E-state index contributed by atoms with van der Waals surface area (Å²) in [5, 5.41) is 7.50. The van der Waals surface area contributed by atoms with Crippen LogP contribution in [0.25, 0.3) is 0 Å². The molecular formula is C28H28N2O2. The van der Waals surface area contributed by atoms with Gasteiger partial charge in [0.05, 0.1) is 18.9 Å². The number of hydrogen-bond acceptors (Lipinski definition) is 4. The predicted molar refractivity (Wildman–Crippen MR) is 126 cm³/mol. The van der Waals surface area contributed by atoms with Crippen LogP contribution >= 0.6 is 0 Å². The molecule has 2 heterocycles. The molecule has 1 aliphatic carbocycles. The summed E-state index contributed by atoms with van der Waals surface area (Å²) in [6, 6.07) is 27.9. The number of nitrogens with zero attached hydrogens (tertiary/aromatic N) is 2. The highest BCUT2D eigenvalue weighted by atomic mass is 16.5. The van der Waals surface area contributed by atoms with E-state index in [2.05, 4.69) is 71.7 Å². The topological polar surface area (TPSA) is 34.1 Å². The van der Waals surface area contributed by atoms with Crippen molar-refractivity contribution in [3.63, 3.8) is 0 Å². The highest BCUT2D eigenvalue weighted by Crippen LogP contribution is 2.52. The normalized spacial score (nSPS) is 26.2. The maximum atomic E-state index is 6.78. The maximum absolute atomic E-state index is 6.78. The quantitative estimate of drug-likeness (QED) is 0.495. The van der Waals surface area contributed by atoms with Gasteiger partial charge in [0.15, 0.2) is 5.72 Å². The van der Waals surface area contributed by atoms with Gasteiger partial charge in [0.2, 0.25) is 0 Å². The number of para-hydroxylation sites is 1. The number of hydrogen-bond donors (Lipinski definition) is 0. The molecule has 1 spiro atoms. The molecule has 32 heavy (non-hydrogen) atoms. The van der Waals surface area contributed by atoms with Crippen molar-refractivity contribution in [3.8, 4) is 11.5 Å². The Hall–Kier alpha value is -3.27. The van der Waals surface area contributed by atoms with Crippen molar-refractivity contribution in [2.75, 3.05) is 7.11 Å². The van der Waals surface area contributed by atoms with E-state index in [1.165, 1.54) is 11.1 Å². The van der Waals surface area contributed by atoms with Crippen LogP contribution in [0.5, 0.6) is 11.5 Å². The molecule has 0 radical (unpaired) electrons. The Kier molecular flexibility index (Phi) is 4.67. The second kappa shape index (κ2) is 7.70. The molecule has 3 aromatic rings. The summed E-state index contributed by atoms with van der Waals surface area (Å²) in [7, 11) is 1.71. The first-order valence-corrected chi connectivity index (χ1v) is 11.6. The summed E-state index contributed by atoms with van der Waals surface area (Å²) in [4.78, 5) is 0. The number of hydrazone groups is 1. The van der Waals surface area contributed by atoms with Gasteiger partial charge in [-0.05, 0) is 42.5 Å². The molecule has 0 N–H and O–H groups in total. The zero-order valence-electron chi connectivity index (χ0n) is 18.4. The molecule has 0 bridgehead atoms. The van der Waals surface area contributed by atoms with Gasteiger partial charge >= 0.3 is 0 Å². The standard InChI is InChI=1S/C28H28N2O2/c1-31-23-11-7-10-22(18-23)25-19-26-24-12-5-6-13-27(24)32-28(30(26)29-25)16-14-21(15-17-28)20-8-3-2-4-9-20/h2-13,18,21,26H,14-17,19H2,1H3. The van der Waals surface area contributed by atoms with E-state index in [-0.39, 0.29) is 11.8 Å². The number of rotatable bonds is 3. The average molecular weight is 425 g/mol. The van der Waals surface area contributed by atoms with Crippen molar-refractivity contribution >= 4 is 5.71 Å². The van der Waals surface area contributed by atoms with E-state index in [0.717, 1.165) is 54.9 Å². The number of methoxy groups -OCH3 is 1. The van der Waals surface area contributed by atoms with Crippen LogP contribution in [-0.2, 0) is 0 Å². The summed E-state index contributed by atoms with van der Waals surface area (Å²) < 4.78 is 12.2. The highest BCUT2D eigenvalue weighted by molar-refractivity contribution is 6.02. The Morgan fingerprint density at radius 3 is 2.53 bits per heavy atom. The van der Waals surface area contributed by atoms with Crippen LogP contribution in [0.3, 0.4) is 0 Å². The van der Waals surface area contributed by atoms with Gasteiger partial charge in [0, 0.05) is 30.4 Å². The van der Waals surface area contributed by atoms with Gasteiger partial charge in [-0.2, -0.15) is 5.10 Å². The molecule has 0 amide bonds. The number of ether oxygens (including phenoxy) is 2. The van der Waals surface area contributed by atoms with E-state index in [1.807, 2.05) is 12.1 Å². The first-order valence-electron chi connectivity index (χ1n) is 11.6. The SMILES string of the molecule is COc1cccc(C2=NN3C(C2)c2ccccc2OC32CCC(c3ccccc3)CC2)c1. The van der Waals surface area contributed by atoms with Crippen molar-refractivity contribution in [3.05, 3.63) is 95.6 Å². The smallest absolute Gasteiger partial charge is 0.198 e. The molecule has 0 saturated heterocycles. The van der Waals surface area contributed by atoms with Crippen LogP contribution in [0, 0.1) is 0 Å². The van der Waals surface area contributed by atoms with Crippen LogP contribution in [0.4, 0.5) is 0 Å². The van der Waals surface area contributed by atoms with Gasteiger partial charge in [-0.1, -0.05) is 60.7 Å². The first-order chi connectivity index (χ1) is 15.8. The van der Waals surface area contributed by atoms with E-state index in [0.29, 0.717) is 5.92 Å². The molecule has 6 rings (SSSR count). The molecule has 2 aliphatic heterocycles. The summed E-state index contributed by atoms with van der Waals surface area (Å²) in [5.41, 5.74) is 4.55. The molecule has 4 heteroatoms. The van der Waals surface area contributed by atoms with Gasteiger partial charge in [-0.25, -0.2) is 5.01 Å². The van der Waals surface area contributed by atoms with Gasteiger partial charge in [-0.3, -0.25) is 0 Å². The predicted octanol–water partition coefficient (Wildman–Crippen LogP) is 6.29. The van der Waals surface area contributed by atoms with E-state index in [9.17, 15) is 0 Å². The summed E-state index contributed by atoms with van der Waals surface area (Å²) >= 11 is 0. The second-order valence-electron chi connectivity index (χ2n) is 9.11. The molecule has 1 atom stereocenters. The number of benzene rings is 3. The fourth-order valence-electron chi connectivity index (χ4n) is 5.66. The van der Waals surface area contributed by atoms with Gasteiger partial charge in [0.25, 0.3) is 0 Å². The zero-order chi connectivity index (χ0) is 21.5. The van der Waals surface area contributed by atoms with Crippen molar-refractivity contribution in [2.24, 2.45) is 5.10 Å². The molecule has 1 unspecified atom stereocenters. The van der Waals surface area contributed by atoms with Gasteiger partial charge < -0.3 is 9.47 Å². The minimum Gasteiger partial charge on any atom is -0.497 e. The zero-order valence-corrected chi connectivity index (χ0v) is 18.4. The highest BCUT2D eigenvalue weighted by Gasteiger charge is 2.51. The Labute approximate surface area is 189 Å². The third-order valence-electron chi connectivity index (χ3n) is 7.35. The third-order valence-corrected chi connectivity index (χ3v) is 7.35. The fourth-order valence-corrected chi connectivity index (χ4v) is 5.66. The lowest BCUT2D eigenvalue weighted by Gasteiger charge is -2.50. The van der Waals surface area contributed by atoms with Crippen LogP contribution in [0.1, 0.15) is 60.8 Å². The Bertz CT molecular complexity index is 1150. The van der Waals surface area contributed by atoms with Gasteiger partial charge in [-0.15, -0.1) is 0 Å². The second-order valence-corrected chi connectivity index (χ2v) is 9.11. The molecule has 4 nitrogen and oxygen atoms in total. The Morgan fingerprint density at radius 1 is 0.938 bits per heavy atom. The minimum absolute atomic E-state index is 0.217. The van der Waals surface area contributed by atoms with E-state index < -0.39 is 0 Å². The van der Waals surface area contributed by atoms with Crippen LogP contribution in [0.2, 0.25) is 0 Å². The monoisotopic (exact) mass is 424 g/mol. The average Bonchev–Trinajstić information content (AvgIpc) is 3.32. The minimum atomic E-state index is -0.370. The fraction of sp³-hybridized carbons (Fsp3) is 0.321. The van der Waals surface area contributed by atoms with Crippen LogP contribution in [0.15, 0.2) is 84.0 Å². The van der Waals surface area contributed by atoms with Gasteiger partial charge in [0.1, 0.15) is 11.5 Å². The third kappa shape index (κ3) is 3.17. The summed E-state index contributed by atoms with van der Waals surface area (Å²) in [6.45, 7) is 0. The largest absolute Gasteiger partial charge is 0.497 e.